The summed E-state index contributed by atoms with van der Waals surface area (Å²) in [6.45, 7) is 1.22. The van der Waals surface area contributed by atoms with Crippen LogP contribution in [-0.4, -0.2) is 53.6 Å². The number of hydrogen-bond acceptors (Lipinski definition) is 2. The fourth-order valence-electron chi connectivity index (χ4n) is 2.32. The molecule has 90 valence electrons. The van der Waals surface area contributed by atoms with Crippen LogP contribution in [0.1, 0.15) is 19.3 Å². The van der Waals surface area contributed by atoms with Gasteiger partial charge < -0.3 is 9.80 Å². The minimum atomic E-state index is 0.0450. The van der Waals surface area contributed by atoms with Gasteiger partial charge in [0, 0.05) is 18.9 Å². The molecule has 0 unspecified atom stereocenters. The lowest BCUT2D eigenvalue weighted by molar-refractivity contribution is -0.150. The first-order chi connectivity index (χ1) is 7.56. The summed E-state index contributed by atoms with van der Waals surface area (Å²) in [6.07, 6.45) is 3.56. The van der Waals surface area contributed by atoms with E-state index >= 15 is 0 Å². The van der Waals surface area contributed by atoms with Gasteiger partial charge in [0.1, 0.15) is 0 Å². The summed E-state index contributed by atoms with van der Waals surface area (Å²) in [6, 6.07) is 0. The standard InChI is InChI=1S/C11H17BrN2O2/c1-13-5-10(16)14(6-9(13)15)8-11(7-12)3-2-4-11/h2-8H2,1H3. The van der Waals surface area contributed by atoms with E-state index in [0.29, 0.717) is 0 Å². The molecular formula is C11H17BrN2O2. The van der Waals surface area contributed by atoms with E-state index in [9.17, 15) is 9.59 Å². The molecule has 0 N–H and O–H groups in total. The van der Waals surface area contributed by atoms with Crippen molar-refractivity contribution in [2.75, 3.05) is 32.0 Å². The molecule has 1 saturated carbocycles. The number of piperazine rings is 1. The Morgan fingerprint density at radius 3 is 2.44 bits per heavy atom. The molecule has 0 radical (unpaired) electrons. The van der Waals surface area contributed by atoms with Crippen LogP contribution in [0.25, 0.3) is 0 Å². The molecular weight excluding hydrogens is 272 g/mol. The first kappa shape index (κ1) is 11.9. The highest BCUT2D eigenvalue weighted by Gasteiger charge is 2.40. The van der Waals surface area contributed by atoms with Crippen molar-refractivity contribution in [3.8, 4) is 0 Å². The molecule has 0 bridgehead atoms. The maximum absolute atomic E-state index is 11.8. The van der Waals surface area contributed by atoms with Crippen molar-refractivity contribution < 1.29 is 9.59 Å². The Bertz CT molecular complexity index is 310. The van der Waals surface area contributed by atoms with E-state index in [2.05, 4.69) is 15.9 Å². The largest absolute Gasteiger partial charge is 0.335 e. The SMILES string of the molecule is CN1CC(=O)N(CC2(CBr)CCC2)CC1=O. The van der Waals surface area contributed by atoms with Gasteiger partial charge in [-0.3, -0.25) is 9.59 Å². The molecule has 0 aromatic heterocycles. The minimum absolute atomic E-state index is 0.0450. The van der Waals surface area contributed by atoms with Gasteiger partial charge in [0.05, 0.1) is 13.1 Å². The average molecular weight is 289 g/mol. The van der Waals surface area contributed by atoms with E-state index in [4.69, 9.17) is 0 Å². The lowest BCUT2D eigenvalue weighted by Gasteiger charge is -2.45. The molecule has 16 heavy (non-hydrogen) atoms. The fourth-order valence-corrected chi connectivity index (χ4v) is 3.06. The van der Waals surface area contributed by atoms with Crippen molar-refractivity contribution in [1.82, 2.24) is 9.80 Å². The summed E-state index contributed by atoms with van der Waals surface area (Å²) in [5.41, 5.74) is 0.228. The van der Waals surface area contributed by atoms with Gasteiger partial charge in [0.15, 0.2) is 0 Å². The predicted molar refractivity (Wildman–Crippen MR) is 64.3 cm³/mol. The van der Waals surface area contributed by atoms with Crippen molar-refractivity contribution in [3.63, 3.8) is 0 Å². The van der Waals surface area contributed by atoms with Crippen LogP contribution in [0.2, 0.25) is 0 Å². The molecule has 1 heterocycles. The van der Waals surface area contributed by atoms with Gasteiger partial charge in [-0.1, -0.05) is 22.4 Å². The molecule has 1 saturated heterocycles. The fraction of sp³-hybridized carbons (Fsp3) is 0.818. The minimum Gasteiger partial charge on any atom is -0.335 e. The summed E-state index contributed by atoms with van der Waals surface area (Å²) in [5, 5.41) is 0.924. The van der Waals surface area contributed by atoms with E-state index in [1.54, 1.807) is 11.9 Å². The summed E-state index contributed by atoms with van der Waals surface area (Å²) < 4.78 is 0. The van der Waals surface area contributed by atoms with Crippen LogP contribution < -0.4 is 0 Å². The highest BCUT2D eigenvalue weighted by atomic mass is 79.9. The molecule has 1 aliphatic heterocycles. The van der Waals surface area contributed by atoms with E-state index < -0.39 is 0 Å². The number of carbonyl (C=O) groups is 2. The number of likely N-dealkylation sites (N-methyl/N-ethyl adjacent to an activating group) is 1. The van der Waals surface area contributed by atoms with Crippen LogP contribution >= 0.6 is 15.9 Å². The Labute approximate surface area is 104 Å². The number of halogens is 1. The topological polar surface area (TPSA) is 40.6 Å². The third-order valence-electron chi connectivity index (χ3n) is 3.70. The highest BCUT2D eigenvalue weighted by Crippen LogP contribution is 2.43. The summed E-state index contributed by atoms with van der Waals surface area (Å²) in [7, 11) is 1.68. The lowest BCUT2D eigenvalue weighted by atomic mass is 9.70. The molecule has 0 atom stereocenters. The number of alkyl halides is 1. The number of rotatable bonds is 3. The molecule has 2 fully saturated rings. The third kappa shape index (κ3) is 2.10. The van der Waals surface area contributed by atoms with Gasteiger partial charge in [-0.25, -0.2) is 0 Å². The van der Waals surface area contributed by atoms with Gasteiger partial charge >= 0.3 is 0 Å². The van der Waals surface area contributed by atoms with Crippen molar-refractivity contribution in [3.05, 3.63) is 0 Å². The Balaban J connectivity index is 1.99. The van der Waals surface area contributed by atoms with Crippen LogP contribution in [0, 0.1) is 5.41 Å². The smallest absolute Gasteiger partial charge is 0.242 e. The molecule has 0 spiro atoms. The molecule has 4 nitrogen and oxygen atoms in total. The molecule has 5 heteroatoms. The zero-order valence-electron chi connectivity index (χ0n) is 9.54. The predicted octanol–water partition coefficient (Wildman–Crippen LogP) is 0.852. The Morgan fingerprint density at radius 1 is 1.25 bits per heavy atom. The number of hydrogen-bond donors (Lipinski definition) is 0. The molecule has 1 aliphatic carbocycles. The number of amides is 2. The second-order valence-electron chi connectivity index (χ2n) is 4.99. The van der Waals surface area contributed by atoms with E-state index in [-0.39, 0.29) is 30.3 Å². The normalized spacial score (nSPS) is 24.6. The summed E-state index contributed by atoms with van der Waals surface area (Å²) >= 11 is 3.52. The maximum Gasteiger partial charge on any atom is 0.242 e. The van der Waals surface area contributed by atoms with Crippen LogP contribution in [-0.2, 0) is 9.59 Å². The Hall–Kier alpha value is -0.580. The second kappa shape index (κ2) is 4.35. The maximum atomic E-state index is 11.8. The van der Waals surface area contributed by atoms with Crippen LogP contribution in [0.15, 0.2) is 0 Å². The second-order valence-corrected chi connectivity index (χ2v) is 5.55. The van der Waals surface area contributed by atoms with Crippen molar-refractivity contribution in [1.29, 1.82) is 0 Å². The van der Waals surface area contributed by atoms with E-state index in [0.717, 1.165) is 24.7 Å². The Morgan fingerprint density at radius 2 is 1.94 bits per heavy atom. The first-order valence-corrected chi connectivity index (χ1v) is 6.76. The van der Waals surface area contributed by atoms with Crippen LogP contribution in [0.3, 0.4) is 0 Å². The van der Waals surface area contributed by atoms with Gasteiger partial charge in [-0.05, 0) is 18.3 Å². The molecule has 2 amide bonds. The zero-order valence-corrected chi connectivity index (χ0v) is 11.1. The third-order valence-corrected chi connectivity index (χ3v) is 4.89. The molecule has 0 aromatic rings. The number of carbonyl (C=O) groups excluding carboxylic acids is 2. The first-order valence-electron chi connectivity index (χ1n) is 5.64. The highest BCUT2D eigenvalue weighted by molar-refractivity contribution is 9.09. The quantitative estimate of drug-likeness (QED) is 0.723. The van der Waals surface area contributed by atoms with Gasteiger partial charge in [-0.15, -0.1) is 0 Å². The summed E-state index contributed by atoms with van der Waals surface area (Å²) in [5.74, 6) is 0.123. The number of nitrogens with zero attached hydrogens (tertiary/aromatic N) is 2. The van der Waals surface area contributed by atoms with Crippen LogP contribution in [0.5, 0.6) is 0 Å². The summed E-state index contributed by atoms with van der Waals surface area (Å²) in [4.78, 5) is 26.6. The van der Waals surface area contributed by atoms with Gasteiger partial charge in [0.2, 0.25) is 11.8 Å². The zero-order chi connectivity index (χ0) is 11.8. The molecule has 2 rings (SSSR count). The van der Waals surface area contributed by atoms with Gasteiger partial charge in [0.25, 0.3) is 0 Å². The molecule has 2 aliphatic rings. The average Bonchev–Trinajstić information content (AvgIpc) is 2.19. The molecule has 0 aromatic carbocycles. The monoisotopic (exact) mass is 288 g/mol. The van der Waals surface area contributed by atoms with Crippen molar-refractivity contribution in [2.24, 2.45) is 5.41 Å². The van der Waals surface area contributed by atoms with Crippen molar-refractivity contribution in [2.45, 2.75) is 19.3 Å². The van der Waals surface area contributed by atoms with Crippen LogP contribution in [0.4, 0.5) is 0 Å². The Kier molecular flexibility index (Phi) is 3.24. The van der Waals surface area contributed by atoms with E-state index in [1.807, 2.05) is 0 Å². The van der Waals surface area contributed by atoms with E-state index in [1.165, 1.54) is 11.3 Å². The lowest BCUT2D eigenvalue weighted by Crippen LogP contribution is -2.56. The van der Waals surface area contributed by atoms with Gasteiger partial charge in [-0.2, -0.15) is 0 Å². The van der Waals surface area contributed by atoms with Crippen molar-refractivity contribution >= 4 is 27.7 Å².